The van der Waals surface area contributed by atoms with Gasteiger partial charge in [-0.05, 0) is 56.7 Å². The van der Waals surface area contributed by atoms with Gasteiger partial charge in [-0.15, -0.1) is 0 Å². The van der Waals surface area contributed by atoms with E-state index < -0.39 is 0 Å². The van der Waals surface area contributed by atoms with Gasteiger partial charge in [0, 0.05) is 18.6 Å². The van der Waals surface area contributed by atoms with E-state index in [2.05, 4.69) is 36.9 Å². The smallest absolute Gasteiger partial charge is 0.0427 e. The number of hydrogen-bond donors (Lipinski definition) is 1. The third-order valence-corrected chi connectivity index (χ3v) is 5.38. The number of rotatable bonds is 3. The van der Waals surface area contributed by atoms with Crippen molar-refractivity contribution in [2.24, 2.45) is 11.7 Å². The maximum absolute atomic E-state index is 6.51. The van der Waals surface area contributed by atoms with Gasteiger partial charge in [-0.2, -0.15) is 0 Å². The van der Waals surface area contributed by atoms with E-state index in [1.165, 1.54) is 55.3 Å². The second-order valence-corrected chi connectivity index (χ2v) is 6.86. The Balaban J connectivity index is 1.68. The molecule has 2 heteroatoms. The van der Waals surface area contributed by atoms with Crippen molar-refractivity contribution in [1.29, 1.82) is 0 Å². The molecule has 3 rings (SSSR count). The predicted octanol–water partition coefficient (Wildman–Crippen LogP) is 3.57. The molecule has 1 heterocycles. The van der Waals surface area contributed by atoms with Gasteiger partial charge >= 0.3 is 0 Å². The topological polar surface area (TPSA) is 29.3 Å². The third-order valence-electron chi connectivity index (χ3n) is 5.38. The van der Waals surface area contributed by atoms with Crippen LogP contribution in [0.15, 0.2) is 18.2 Å². The van der Waals surface area contributed by atoms with Crippen LogP contribution in [0.2, 0.25) is 0 Å². The van der Waals surface area contributed by atoms with E-state index in [0.717, 1.165) is 18.5 Å². The third kappa shape index (κ3) is 2.77. The number of nitrogens with two attached hydrogens (primary N) is 1. The quantitative estimate of drug-likeness (QED) is 0.911. The van der Waals surface area contributed by atoms with Gasteiger partial charge < -0.3 is 5.73 Å². The highest BCUT2D eigenvalue weighted by atomic mass is 15.2. The van der Waals surface area contributed by atoms with Crippen LogP contribution in [0.25, 0.3) is 0 Å². The van der Waals surface area contributed by atoms with Crippen molar-refractivity contribution in [3.8, 4) is 0 Å². The molecule has 2 aliphatic rings. The van der Waals surface area contributed by atoms with Crippen molar-refractivity contribution in [1.82, 2.24) is 4.90 Å². The zero-order valence-corrected chi connectivity index (χ0v) is 12.9. The normalized spacial score (nSPS) is 28.4. The molecule has 1 aliphatic carbocycles. The minimum atomic E-state index is 0.163. The molecule has 0 radical (unpaired) electrons. The average Bonchev–Trinajstić information content (AvgIpc) is 2.82. The molecule has 0 bridgehead atoms. The van der Waals surface area contributed by atoms with Crippen LogP contribution in [-0.4, -0.2) is 24.0 Å². The lowest BCUT2D eigenvalue weighted by Gasteiger charge is -2.33. The van der Waals surface area contributed by atoms with Gasteiger partial charge in [0.25, 0.3) is 0 Å². The number of fused-ring (bicyclic) bond motifs is 1. The maximum atomic E-state index is 6.51. The predicted molar refractivity (Wildman–Crippen MR) is 84.8 cm³/mol. The first-order chi connectivity index (χ1) is 9.65. The van der Waals surface area contributed by atoms with Crippen molar-refractivity contribution in [3.63, 3.8) is 0 Å². The fourth-order valence-electron chi connectivity index (χ4n) is 4.32. The van der Waals surface area contributed by atoms with Crippen molar-refractivity contribution in [3.05, 3.63) is 34.9 Å². The van der Waals surface area contributed by atoms with Crippen LogP contribution in [0.1, 0.15) is 54.8 Å². The standard InChI is InChI=1S/C18H28N2/c1-13-7-8-16(14(2)11-13)17(19)12-20-10-9-15-5-3-4-6-18(15)20/h7-8,11,15,17-18H,3-6,9-10,12,19H2,1-2H3. The summed E-state index contributed by atoms with van der Waals surface area (Å²) in [5.74, 6) is 0.954. The van der Waals surface area contributed by atoms with Gasteiger partial charge in [-0.3, -0.25) is 4.90 Å². The molecule has 1 saturated heterocycles. The molecule has 1 aliphatic heterocycles. The largest absolute Gasteiger partial charge is 0.323 e. The van der Waals surface area contributed by atoms with Crippen molar-refractivity contribution < 1.29 is 0 Å². The van der Waals surface area contributed by atoms with Gasteiger partial charge in [-0.1, -0.05) is 36.6 Å². The molecule has 3 unspecified atom stereocenters. The van der Waals surface area contributed by atoms with E-state index in [-0.39, 0.29) is 6.04 Å². The fraction of sp³-hybridized carbons (Fsp3) is 0.667. The lowest BCUT2D eigenvalue weighted by molar-refractivity contribution is 0.174. The van der Waals surface area contributed by atoms with Crippen LogP contribution < -0.4 is 5.73 Å². The second-order valence-electron chi connectivity index (χ2n) is 6.86. The molecular weight excluding hydrogens is 244 g/mol. The Morgan fingerprint density at radius 1 is 1.20 bits per heavy atom. The summed E-state index contributed by atoms with van der Waals surface area (Å²) in [6.07, 6.45) is 7.09. The van der Waals surface area contributed by atoms with Gasteiger partial charge in [0.15, 0.2) is 0 Å². The fourth-order valence-corrected chi connectivity index (χ4v) is 4.32. The van der Waals surface area contributed by atoms with E-state index >= 15 is 0 Å². The van der Waals surface area contributed by atoms with Crippen molar-refractivity contribution >= 4 is 0 Å². The highest BCUT2D eigenvalue weighted by molar-refractivity contribution is 5.32. The number of nitrogens with zero attached hydrogens (tertiary/aromatic N) is 1. The molecular formula is C18H28N2. The molecule has 2 nitrogen and oxygen atoms in total. The van der Waals surface area contributed by atoms with E-state index in [1.54, 1.807) is 0 Å². The van der Waals surface area contributed by atoms with Crippen LogP contribution in [-0.2, 0) is 0 Å². The molecule has 0 spiro atoms. The van der Waals surface area contributed by atoms with Gasteiger partial charge in [-0.25, -0.2) is 0 Å². The van der Waals surface area contributed by atoms with E-state index in [1.807, 2.05) is 0 Å². The first kappa shape index (κ1) is 14.1. The first-order valence-electron chi connectivity index (χ1n) is 8.22. The molecule has 20 heavy (non-hydrogen) atoms. The molecule has 2 N–H and O–H groups in total. The molecule has 0 aromatic heterocycles. The molecule has 1 aromatic carbocycles. The summed E-state index contributed by atoms with van der Waals surface area (Å²) < 4.78 is 0. The minimum absolute atomic E-state index is 0.163. The Labute approximate surface area is 123 Å². The first-order valence-corrected chi connectivity index (χ1v) is 8.22. The Bertz CT molecular complexity index is 468. The molecule has 110 valence electrons. The molecule has 3 atom stereocenters. The lowest BCUT2D eigenvalue weighted by atomic mass is 9.85. The number of likely N-dealkylation sites (tertiary alicyclic amines) is 1. The maximum Gasteiger partial charge on any atom is 0.0427 e. The highest BCUT2D eigenvalue weighted by Crippen LogP contribution is 2.36. The highest BCUT2D eigenvalue weighted by Gasteiger charge is 2.36. The molecule has 0 amide bonds. The Morgan fingerprint density at radius 3 is 2.80 bits per heavy atom. The van der Waals surface area contributed by atoms with Crippen molar-refractivity contribution in [2.45, 2.75) is 58.0 Å². The minimum Gasteiger partial charge on any atom is -0.323 e. The SMILES string of the molecule is Cc1ccc(C(N)CN2CCC3CCCCC32)c(C)c1. The zero-order chi connectivity index (χ0) is 14.1. The summed E-state index contributed by atoms with van der Waals surface area (Å²) in [6, 6.07) is 7.65. The Kier molecular flexibility index (Phi) is 4.13. The number of aryl methyl sites for hydroxylation is 2. The van der Waals surface area contributed by atoms with E-state index in [0.29, 0.717) is 0 Å². The number of benzene rings is 1. The van der Waals surface area contributed by atoms with Gasteiger partial charge in [0.1, 0.15) is 0 Å². The van der Waals surface area contributed by atoms with E-state index in [4.69, 9.17) is 5.73 Å². The van der Waals surface area contributed by atoms with Crippen LogP contribution in [0.3, 0.4) is 0 Å². The second kappa shape index (κ2) is 5.87. The molecule has 1 saturated carbocycles. The molecule has 1 aromatic rings. The monoisotopic (exact) mass is 272 g/mol. The summed E-state index contributed by atoms with van der Waals surface area (Å²) in [7, 11) is 0. The Morgan fingerprint density at radius 2 is 2.00 bits per heavy atom. The summed E-state index contributed by atoms with van der Waals surface area (Å²) in [4.78, 5) is 2.67. The van der Waals surface area contributed by atoms with Crippen LogP contribution in [0.4, 0.5) is 0 Å². The van der Waals surface area contributed by atoms with Crippen LogP contribution in [0, 0.1) is 19.8 Å². The summed E-state index contributed by atoms with van der Waals surface area (Å²) in [5.41, 5.74) is 10.5. The summed E-state index contributed by atoms with van der Waals surface area (Å²) >= 11 is 0. The number of hydrogen-bond acceptors (Lipinski definition) is 2. The summed E-state index contributed by atoms with van der Waals surface area (Å²) in [5, 5.41) is 0. The van der Waals surface area contributed by atoms with Gasteiger partial charge in [0.05, 0.1) is 0 Å². The van der Waals surface area contributed by atoms with Crippen LogP contribution >= 0.6 is 0 Å². The zero-order valence-electron chi connectivity index (χ0n) is 12.9. The summed E-state index contributed by atoms with van der Waals surface area (Å²) in [6.45, 7) is 6.63. The van der Waals surface area contributed by atoms with Crippen molar-refractivity contribution in [2.75, 3.05) is 13.1 Å². The van der Waals surface area contributed by atoms with E-state index in [9.17, 15) is 0 Å². The Hall–Kier alpha value is -0.860. The molecule has 2 fully saturated rings. The average molecular weight is 272 g/mol. The van der Waals surface area contributed by atoms with Crippen LogP contribution in [0.5, 0.6) is 0 Å². The van der Waals surface area contributed by atoms with Gasteiger partial charge in [0.2, 0.25) is 0 Å². The lowest BCUT2D eigenvalue weighted by Crippen LogP contribution is -2.39.